The van der Waals surface area contributed by atoms with Crippen LogP contribution < -0.4 is 10.1 Å². The summed E-state index contributed by atoms with van der Waals surface area (Å²) in [5, 5.41) is 3.12. The van der Waals surface area contributed by atoms with Crippen molar-refractivity contribution < 1.29 is 17.9 Å². The van der Waals surface area contributed by atoms with Crippen molar-refractivity contribution in [1.29, 1.82) is 0 Å². The number of hydrogen-bond donors (Lipinski definition) is 1. The number of benzene rings is 3. The third-order valence-electron chi connectivity index (χ3n) is 6.54. The first kappa shape index (κ1) is 24.0. The van der Waals surface area contributed by atoms with Gasteiger partial charge in [-0.2, -0.15) is 0 Å². The molecule has 7 heteroatoms. The molecular formula is C27H30N2O4S. The summed E-state index contributed by atoms with van der Waals surface area (Å²) in [6.45, 7) is 2.35. The highest BCUT2D eigenvalue weighted by Gasteiger charge is 2.51. The van der Waals surface area contributed by atoms with Gasteiger partial charge in [0.15, 0.2) is 0 Å². The molecule has 34 heavy (non-hydrogen) atoms. The van der Waals surface area contributed by atoms with Gasteiger partial charge in [-0.25, -0.2) is 12.7 Å². The van der Waals surface area contributed by atoms with E-state index in [1.807, 2.05) is 73.7 Å². The average Bonchev–Trinajstić information content (AvgIpc) is 3.63. The molecule has 0 atom stereocenters. The van der Waals surface area contributed by atoms with Gasteiger partial charge < -0.3 is 10.1 Å². The van der Waals surface area contributed by atoms with Crippen molar-refractivity contribution in [2.45, 2.75) is 31.7 Å². The van der Waals surface area contributed by atoms with E-state index >= 15 is 0 Å². The fraction of sp³-hybridized carbons (Fsp3) is 0.296. The normalized spacial score (nSPS) is 14.6. The lowest BCUT2D eigenvalue weighted by atomic mass is 9.94. The first-order valence-electron chi connectivity index (χ1n) is 11.2. The second-order valence-electron chi connectivity index (χ2n) is 9.01. The van der Waals surface area contributed by atoms with Crippen LogP contribution in [0.5, 0.6) is 5.75 Å². The Morgan fingerprint density at radius 2 is 1.76 bits per heavy atom. The standard InChI is InChI=1S/C27H30N2O4S/c1-19-8-13-23(28-26(30)27(14-15-27)22-6-5-7-24(16-22)33-3)17-25(19)21-11-9-20(10-12-21)18-29(2)34(4,31)32/h5-13,16-17H,14-15,18H2,1-4H3,(H,28,30). The number of ether oxygens (including phenoxy) is 1. The van der Waals surface area contributed by atoms with Crippen LogP contribution in [0.3, 0.4) is 0 Å². The first-order chi connectivity index (χ1) is 16.1. The molecule has 1 N–H and O–H groups in total. The second kappa shape index (κ2) is 9.24. The molecule has 3 aromatic carbocycles. The zero-order valence-corrected chi connectivity index (χ0v) is 20.8. The van der Waals surface area contributed by atoms with Crippen LogP contribution in [-0.2, 0) is 26.8 Å². The maximum Gasteiger partial charge on any atom is 0.235 e. The molecule has 0 heterocycles. The molecule has 4 rings (SSSR count). The number of rotatable bonds is 8. The van der Waals surface area contributed by atoms with E-state index in [9.17, 15) is 13.2 Å². The van der Waals surface area contributed by atoms with Gasteiger partial charge in [-0.05, 0) is 71.8 Å². The van der Waals surface area contributed by atoms with Crippen LogP contribution in [0.1, 0.15) is 29.5 Å². The van der Waals surface area contributed by atoms with Crippen LogP contribution in [0, 0.1) is 6.92 Å². The minimum Gasteiger partial charge on any atom is -0.497 e. The molecule has 0 saturated heterocycles. The van der Waals surface area contributed by atoms with Crippen LogP contribution >= 0.6 is 0 Å². The molecule has 1 amide bonds. The molecule has 0 radical (unpaired) electrons. The lowest BCUT2D eigenvalue weighted by Crippen LogP contribution is -2.27. The first-order valence-corrected chi connectivity index (χ1v) is 13.0. The molecule has 3 aromatic rings. The van der Waals surface area contributed by atoms with Crippen LogP contribution in [0.25, 0.3) is 11.1 Å². The van der Waals surface area contributed by atoms with Gasteiger partial charge in [-0.1, -0.05) is 42.5 Å². The third kappa shape index (κ3) is 5.00. The van der Waals surface area contributed by atoms with Crippen molar-refractivity contribution >= 4 is 21.6 Å². The molecule has 0 aromatic heterocycles. The number of methoxy groups -OCH3 is 1. The summed E-state index contributed by atoms with van der Waals surface area (Å²) in [7, 11) is -0.0370. The predicted octanol–water partition coefficient (Wildman–Crippen LogP) is 4.73. The Hall–Kier alpha value is -3.16. The van der Waals surface area contributed by atoms with Crippen molar-refractivity contribution in [2.24, 2.45) is 0 Å². The number of amides is 1. The molecule has 0 bridgehead atoms. The van der Waals surface area contributed by atoms with Crippen LogP contribution in [0.4, 0.5) is 5.69 Å². The average molecular weight is 479 g/mol. The molecule has 1 aliphatic rings. The Morgan fingerprint density at radius 1 is 1.06 bits per heavy atom. The highest BCUT2D eigenvalue weighted by molar-refractivity contribution is 7.88. The van der Waals surface area contributed by atoms with Gasteiger partial charge in [0.25, 0.3) is 0 Å². The summed E-state index contributed by atoms with van der Waals surface area (Å²) in [6, 6.07) is 21.5. The predicted molar refractivity (Wildman–Crippen MR) is 135 cm³/mol. The van der Waals surface area contributed by atoms with Gasteiger partial charge in [0, 0.05) is 19.3 Å². The summed E-state index contributed by atoms with van der Waals surface area (Å²) >= 11 is 0. The Labute approximate surface area is 201 Å². The topological polar surface area (TPSA) is 75.7 Å². The zero-order chi connectivity index (χ0) is 24.5. The molecule has 1 saturated carbocycles. The van der Waals surface area contributed by atoms with Crippen molar-refractivity contribution in [2.75, 3.05) is 25.7 Å². The van der Waals surface area contributed by atoms with E-state index in [-0.39, 0.29) is 5.91 Å². The summed E-state index contributed by atoms with van der Waals surface area (Å²) in [5.41, 5.74) is 5.25. The van der Waals surface area contributed by atoms with Gasteiger partial charge >= 0.3 is 0 Å². The molecule has 6 nitrogen and oxygen atoms in total. The van der Waals surface area contributed by atoms with Crippen molar-refractivity contribution in [1.82, 2.24) is 4.31 Å². The third-order valence-corrected chi connectivity index (χ3v) is 7.80. The van der Waals surface area contributed by atoms with Crippen LogP contribution in [-0.4, -0.2) is 39.0 Å². The molecule has 0 unspecified atom stereocenters. The fourth-order valence-corrected chi connectivity index (χ4v) is 4.50. The Bertz CT molecular complexity index is 1310. The summed E-state index contributed by atoms with van der Waals surface area (Å²) in [6.07, 6.45) is 2.83. The molecular weight excluding hydrogens is 448 g/mol. The molecule has 0 aliphatic heterocycles. The van der Waals surface area contributed by atoms with Gasteiger partial charge in [-0.15, -0.1) is 0 Å². The smallest absolute Gasteiger partial charge is 0.235 e. The number of aryl methyl sites for hydroxylation is 1. The van der Waals surface area contributed by atoms with Crippen molar-refractivity contribution in [3.63, 3.8) is 0 Å². The second-order valence-corrected chi connectivity index (χ2v) is 11.1. The minimum atomic E-state index is -3.23. The van der Waals surface area contributed by atoms with E-state index in [0.717, 1.165) is 52.1 Å². The summed E-state index contributed by atoms with van der Waals surface area (Å²) < 4.78 is 30.0. The summed E-state index contributed by atoms with van der Waals surface area (Å²) in [5.74, 6) is 0.745. The van der Waals surface area contributed by atoms with Gasteiger partial charge in [0.2, 0.25) is 15.9 Å². The quantitative estimate of drug-likeness (QED) is 0.508. The zero-order valence-electron chi connectivity index (χ0n) is 20.0. The largest absolute Gasteiger partial charge is 0.497 e. The molecule has 1 aliphatic carbocycles. The molecule has 1 fully saturated rings. The number of carbonyl (C=O) groups excluding carboxylic acids is 1. The van der Waals surface area contributed by atoms with Crippen molar-refractivity contribution in [3.05, 3.63) is 83.4 Å². The monoisotopic (exact) mass is 478 g/mol. The van der Waals surface area contributed by atoms with E-state index in [2.05, 4.69) is 5.32 Å². The van der Waals surface area contributed by atoms with E-state index in [1.54, 1.807) is 14.2 Å². The SMILES string of the molecule is COc1cccc(C2(C(=O)Nc3ccc(C)c(-c4ccc(CN(C)S(C)(=O)=O)cc4)c3)CC2)c1. The van der Waals surface area contributed by atoms with Gasteiger partial charge in [0.1, 0.15) is 5.75 Å². The molecule has 178 valence electrons. The van der Waals surface area contributed by atoms with E-state index in [4.69, 9.17) is 4.74 Å². The van der Waals surface area contributed by atoms with E-state index in [1.165, 1.54) is 10.6 Å². The lowest BCUT2D eigenvalue weighted by molar-refractivity contribution is -0.118. The maximum absolute atomic E-state index is 13.3. The number of sulfonamides is 1. The minimum absolute atomic E-state index is 0.00489. The highest BCUT2D eigenvalue weighted by Crippen LogP contribution is 2.49. The van der Waals surface area contributed by atoms with Gasteiger partial charge in [0.05, 0.1) is 18.8 Å². The number of nitrogens with zero attached hydrogens (tertiary/aromatic N) is 1. The number of anilines is 1. The Morgan fingerprint density at radius 3 is 2.38 bits per heavy atom. The van der Waals surface area contributed by atoms with E-state index < -0.39 is 15.4 Å². The van der Waals surface area contributed by atoms with Crippen LogP contribution in [0.15, 0.2) is 66.7 Å². The number of hydrogen-bond acceptors (Lipinski definition) is 4. The highest BCUT2D eigenvalue weighted by atomic mass is 32.2. The van der Waals surface area contributed by atoms with E-state index in [0.29, 0.717) is 6.54 Å². The Balaban J connectivity index is 1.53. The molecule has 0 spiro atoms. The Kier molecular flexibility index (Phi) is 6.51. The van der Waals surface area contributed by atoms with Gasteiger partial charge in [-0.3, -0.25) is 4.79 Å². The maximum atomic E-state index is 13.3. The lowest BCUT2D eigenvalue weighted by Gasteiger charge is -2.18. The summed E-state index contributed by atoms with van der Waals surface area (Å²) in [4.78, 5) is 13.3. The number of carbonyl (C=O) groups is 1. The fourth-order valence-electron chi connectivity index (χ4n) is 4.12. The van der Waals surface area contributed by atoms with Crippen molar-refractivity contribution in [3.8, 4) is 16.9 Å². The number of nitrogens with one attached hydrogen (secondary N) is 1. The van der Waals surface area contributed by atoms with Crippen LogP contribution in [0.2, 0.25) is 0 Å².